The summed E-state index contributed by atoms with van der Waals surface area (Å²) in [6.07, 6.45) is 0. The van der Waals surface area contributed by atoms with Crippen LogP contribution < -0.4 is 4.90 Å². The summed E-state index contributed by atoms with van der Waals surface area (Å²) in [7, 11) is 0. The number of carbonyl (C=O) groups excluding carboxylic acids is 2. The Kier molecular flexibility index (Phi) is 5.97. The van der Waals surface area contributed by atoms with Gasteiger partial charge < -0.3 is 9.80 Å². The normalized spacial score (nSPS) is 13.6. The topological polar surface area (TPSA) is 83.8 Å². The second kappa shape index (κ2) is 9.38. The summed E-state index contributed by atoms with van der Waals surface area (Å²) in [6.45, 7) is 1.83. The zero-order valence-electron chi connectivity index (χ0n) is 19.0. The lowest BCUT2D eigenvalue weighted by Crippen LogP contribution is -2.49. The average Bonchev–Trinajstić information content (AvgIpc) is 2.92. The van der Waals surface area contributed by atoms with Crippen LogP contribution in [0.1, 0.15) is 26.3 Å². The molecule has 1 heterocycles. The summed E-state index contributed by atoms with van der Waals surface area (Å²) in [4.78, 5) is 40.9. The molecule has 4 aromatic rings. The number of nitro groups is 1. The average molecular weight is 466 g/mol. The number of carbonyl (C=O) groups is 2. The third-order valence-electron chi connectivity index (χ3n) is 6.37. The SMILES string of the molecule is O=C(c1ccccc1)c1ccc(N2CCN(C(=O)c3ccc4ccccc4c3)CC2)c([N+](=O)[O-])c1. The fourth-order valence-electron chi connectivity index (χ4n) is 4.49. The molecule has 0 saturated carbocycles. The molecule has 0 unspecified atom stereocenters. The van der Waals surface area contributed by atoms with Crippen LogP contribution in [0.15, 0.2) is 91.0 Å². The predicted octanol–water partition coefficient (Wildman–Crippen LogP) is 4.94. The van der Waals surface area contributed by atoms with E-state index >= 15 is 0 Å². The second-order valence-electron chi connectivity index (χ2n) is 8.50. The van der Waals surface area contributed by atoms with Gasteiger partial charge in [-0.2, -0.15) is 0 Å². The van der Waals surface area contributed by atoms with Crippen molar-refractivity contribution in [3.63, 3.8) is 0 Å². The number of benzene rings is 4. The van der Waals surface area contributed by atoms with Crippen LogP contribution in [0.2, 0.25) is 0 Å². The van der Waals surface area contributed by atoms with E-state index in [1.54, 1.807) is 41.3 Å². The molecule has 1 aliphatic heterocycles. The van der Waals surface area contributed by atoms with E-state index in [2.05, 4.69) is 0 Å². The summed E-state index contributed by atoms with van der Waals surface area (Å²) >= 11 is 0. The molecular weight excluding hydrogens is 442 g/mol. The Hall–Kier alpha value is -4.52. The van der Waals surface area contributed by atoms with Gasteiger partial charge in [0.2, 0.25) is 0 Å². The third kappa shape index (κ3) is 4.48. The van der Waals surface area contributed by atoms with Crippen molar-refractivity contribution in [1.82, 2.24) is 4.90 Å². The van der Waals surface area contributed by atoms with E-state index in [-0.39, 0.29) is 22.9 Å². The van der Waals surface area contributed by atoms with Crippen LogP contribution >= 0.6 is 0 Å². The standard InChI is InChI=1S/C28H23N3O4/c32-27(21-7-2-1-3-8-21)23-12-13-25(26(19-23)31(34)35)29-14-16-30(17-15-29)28(33)24-11-10-20-6-4-5-9-22(20)18-24/h1-13,18-19H,14-17H2. The number of ketones is 1. The van der Waals surface area contributed by atoms with Gasteiger partial charge in [-0.15, -0.1) is 0 Å². The van der Waals surface area contributed by atoms with Crippen molar-refractivity contribution in [2.45, 2.75) is 0 Å². The van der Waals surface area contributed by atoms with Crippen LogP contribution in [0.25, 0.3) is 10.8 Å². The Morgan fingerprint density at radius 2 is 1.34 bits per heavy atom. The number of hydrogen-bond donors (Lipinski definition) is 0. The van der Waals surface area contributed by atoms with E-state index in [4.69, 9.17) is 0 Å². The van der Waals surface area contributed by atoms with E-state index in [1.165, 1.54) is 6.07 Å². The molecular formula is C28H23N3O4. The van der Waals surface area contributed by atoms with Gasteiger partial charge >= 0.3 is 0 Å². The molecule has 174 valence electrons. The molecule has 5 rings (SSSR count). The Balaban J connectivity index is 1.32. The first kappa shape index (κ1) is 22.3. The minimum atomic E-state index is -0.455. The van der Waals surface area contributed by atoms with Crippen molar-refractivity contribution >= 4 is 33.8 Å². The van der Waals surface area contributed by atoms with Crippen molar-refractivity contribution in [1.29, 1.82) is 0 Å². The minimum Gasteiger partial charge on any atom is -0.362 e. The smallest absolute Gasteiger partial charge is 0.293 e. The molecule has 0 atom stereocenters. The fourth-order valence-corrected chi connectivity index (χ4v) is 4.49. The summed E-state index contributed by atoms with van der Waals surface area (Å²) in [5.74, 6) is -0.306. The van der Waals surface area contributed by atoms with Gasteiger partial charge in [0, 0.05) is 48.9 Å². The third-order valence-corrected chi connectivity index (χ3v) is 6.37. The molecule has 0 aliphatic carbocycles. The van der Waals surface area contributed by atoms with Crippen LogP contribution in [0, 0.1) is 10.1 Å². The van der Waals surface area contributed by atoms with Crippen molar-refractivity contribution in [2.24, 2.45) is 0 Å². The monoisotopic (exact) mass is 465 g/mol. The highest BCUT2D eigenvalue weighted by atomic mass is 16.6. The van der Waals surface area contributed by atoms with E-state index in [0.717, 1.165) is 10.8 Å². The molecule has 7 heteroatoms. The quantitative estimate of drug-likeness (QED) is 0.237. The molecule has 7 nitrogen and oxygen atoms in total. The van der Waals surface area contributed by atoms with Gasteiger partial charge in [-0.25, -0.2) is 0 Å². The van der Waals surface area contributed by atoms with Crippen molar-refractivity contribution in [2.75, 3.05) is 31.1 Å². The van der Waals surface area contributed by atoms with Gasteiger partial charge in [0.25, 0.3) is 11.6 Å². The summed E-state index contributed by atoms with van der Waals surface area (Å²) in [5.41, 5.74) is 1.73. The van der Waals surface area contributed by atoms with Crippen LogP contribution in [0.3, 0.4) is 0 Å². The van der Waals surface area contributed by atoms with Crippen LogP contribution in [0.5, 0.6) is 0 Å². The van der Waals surface area contributed by atoms with Gasteiger partial charge in [0.05, 0.1) is 4.92 Å². The zero-order chi connectivity index (χ0) is 24.4. The number of hydrogen-bond acceptors (Lipinski definition) is 5. The lowest BCUT2D eigenvalue weighted by molar-refractivity contribution is -0.384. The van der Waals surface area contributed by atoms with Crippen molar-refractivity contribution < 1.29 is 14.5 Å². The number of amides is 1. The molecule has 0 N–H and O–H groups in total. The molecule has 4 aromatic carbocycles. The van der Waals surface area contributed by atoms with Crippen molar-refractivity contribution in [3.05, 3.63) is 118 Å². The zero-order valence-corrected chi connectivity index (χ0v) is 19.0. The summed E-state index contributed by atoms with van der Waals surface area (Å²) in [5, 5.41) is 13.9. The highest BCUT2D eigenvalue weighted by molar-refractivity contribution is 6.09. The van der Waals surface area contributed by atoms with E-state index in [0.29, 0.717) is 43.0 Å². The molecule has 0 radical (unpaired) electrons. The predicted molar refractivity (Wildman–Crippen MR) is 135 cm³/mol. The Bertz CT molecular complexity index is 1430. The Morgan fingerprint density at radius 3 is 2.06 bits per heavy atom. The van der Waals surface area contributed by atoms with Crippen LogP contribution in [-0.4, -0.2) is 47.7 Å². The largest absolute Gasteiger partial charge is 0.362 e. The molecule has 1 amide bonds. The maximum atomic E-state index is 13.1. The van der Waals surface area contributed by atoms with Gasteiger partial charge in [-0.3, -0.25) is 19.7 Å². The Morgan fingerprint density at radius 1 is 0.686 bits per heavy atom. The Labute approximate surface area is 202 Å². The molecule has 0 aromatic heterocycles. The number of piperazine rings is 1. The highest BCUT2D eigenvalue weighted by Gasteiger charge is 2.27. The first-order valence-electron chi connectivity index (χ1n) is 11.4. The number of rotatable bonds is 5. The number of nitro benzene ring substituents is 1. The van der Waals surface area contributed by atoms with Gasteiger partial charge in [0.15, 0.2) is 5.78 Å². The molecule has 1 fully saturated rings. The molecule has 1 saturated heterocycles. The van der Waals surface area contributed by atoms with Crippen LogP contribution in [-0.2, 0) is 0 Å². The first-order chi connectivity index (χ1) is 17.0. The fraction of sp³-hybridized carbons (Fsp3) is 0.143. The molecule has 1 aliphatic rings. The minimum absolute atomic E-state index is 0.0475. The molecule has 0 bridgehead atoms. The van der Waals surface area contributed by atoms with E-state index in [1.807, 2.05) is 53.4 Å². The van der Waals surface area contributed by atoms with Gasteiger partial charge in [-0.1, -0.05) is 60.7 Å². The maximum Gasteiger partial charge on any atom is 0.293 e. The van der Waals surface area contributed by atoms with Gasteiger partial charge in [-0.05, 0) is 35.0 Å². The molecule has 0 spiro atoms. The summed E-state index contributed by atoms with van der Waals surface area (Å²) in [6, 6.07) is 26.9. The van der Waals surface area contributed by atoms with Crippen molar-refractivity contribution in [3.8, 4) is 0 Å². The lowest BCUT2D eigenvalue weighted by Gasteiger charge is -2.36. The van der Waals surface area contributed by atoms with E-state index in [9.17, 15) is 19.7 Å². The maximum absolute atomic E-state index is 13.1. The lowest BCUT2D eigenvalue weighted by atomic mass is 10.0. The number of nitrogens with zero attached hydrogens (tertiary/aromatic N) is 3. The second-order valence-corrected chi connectivity index (χ2v) is 8.50. The number of fused-ring (bicyclic) bond motifs is 1. The molecule has 35 heavy (non-hydrogen) atoms. The summed E-state index contributed by atoms with van der Waals surface area (Å²) < 4.78 is 0. The van der Waals surface area contributed by atoms with E-state index < -0.39 is 4.92 Å². The van der Waals surface area contributed by atoms with Crippen LogP contribution in [0.4, 0.5) is 11.4 Å². The van der Waals surface area contributed by atoms with Gasteiger partial charge in [0.1, 0.15) is 5.69 Å². The highest BCUT2D eigenvalue weighted by Crippen LogP contribution is 2.31. The number of anilines is 1. The first-order valence-corrected chi connectivity index (χ1v) is 11.4.